The molecule has 1 unspecified atom stereocenters. The first-order valence-corrected chi connectivity index (χ1v) is 6.63. The molecule has 1 rings (SSSR count). The average Bonchev–Trinajstić information content (AvgIpc) is 2.46. The van der Waals surface area contributed by atoms with Crippen LogP contribution in [0.25, 0.3) is 0 Å². The van der Waals surface area contributed by atoms with Gasteiger partial charge in [-0.2, -0.15) is 0 Å². The van der Waals surface area contributed by atoms with Gasteiger partial charge in [0, 0.05) is 17.7 Å². The van der Waals surface area contributed by atoms with Crippen molar-refractivity contribution in [3.8, 4) is 0 Å². The van der Waals surface area contributed by atoms with Gasteiger partial charge in [-0.05, 0) is 18.1 Å². The molecule has 2 N–H and O–H groups in total. The number of benzene rings is 1. The Hall–Kier alpha value is -1.68. The number of hydrogen-bond donors (Lipinski definition) is 2. The predicted octanol–water partition coefficient (Wildman–Crippen LogP) is 2.03. The molecule has 0 spiro atoms. The number of rotatable bonds is 7. The summed E-state index contributed by atoms with van der Waals surface area (Å²) in [5, 5.41) is 12.6. The number of aliphatic hydroxyl groups is 1. The summed E-state index contributed by atoms with van der Waals surface area (Å²) < 4.78 is 0. The highest BCUT2D eigenvalue weighted by Gasteiger charge is 2.16. The summed E-state index contributed by atoms with van der Waals surface area (Å²) in [5.74, 6) is -0.0276. The maximum atomic E-state index is 11.8. The summed E-state index contributed by atoms with van der Waals surface area (Å²) >= 11 is 0. The molecule has 0 saturated heterocycles. The normalized spacial score (nSPS) is 12.2. The van der Waals surface area contributed by atoms with Gasteiger partial charge >= 0.3 is 0 Å². The second-order valence-corrected chi connectivity index (χ2v) is 4.59. The molecule has 0 radical (unpaired) electrons. The zero-order chi connectivity index (χ0) is 14.3. The van der Waals surface area contributed by atoms with Crippen molar-refractivity contribution in [3.05, 3.63) is 35.4 Å². The Morgan fingerprint density at radius 2 is 1.84 bits per heavy atom. The largest absolute Gasteiger partial charge is 0.391 e. The minimum absolute atomic E-state index is 0.206. The second kappa shape index (κ2) is 7.69. The molecule has 104 valence electrons. The van der Waals surface area contributed by atoms with Crippen molar-refractivity contribution in [2.75, 3.05) is 6.54 Å². The van der Waals surface area contributed by atoms with Crippen molar-refractivity contribution in [1.29, 1.82) is 0 Å². The highest BCUT2D eigenvalue weighted by molar-refractivity contribution is 5.94. The Morgan fingerprint density at radius 1 is 1.26 bits per heavy atom. The Kier molecular flexibility index (Phi) is 6.22. The molecule has 0 heterocycles. The maximum Gasteiger partial charge on any atom is 0.251 e. The molecule has 0 bridgehead atoms. The summed E-state index contributed by atoms with van der Waals surface area (Å²) in [6.07, 6.45) is 2.00. The van der Waals surface area contributed by atoms with Gasteiger partial charge in [0.15, 0.2) is 0 Å². The molecule has 1 aromatic rings. The van der Waals surface area contributed by atoms with Crippen LogP contribution in [0.15, 0.2) is 24.3 Å². The molecular formula is C15H21NO3. The van der Waals surface area contributed by atoms with Crippen molar-refractivity contribution < 1.29 is 14.7 Å². The van der Waals surface area contributed by atoms with E-state index in [2.05, 4.69) is 5.32 Å². The number of carbonyl (C=O) groups excluding carboxylic acids is 2. The van der Waals surface area contributed by atoms with Crippen LogP contribution in [0.4, 0.5) is 0 Å². The Morgan fingerprint density at radius 3 is 2.32 bits per heavy atom. The van der Waals surface area contributed by atoms with Gasteiger partial charge in [-0.1, -0.05) is 38.8 Å². The lowest BCUT2D eigenvalue weighted by Crippen LogP contribution is -2.36. The van der Waals surface area contributed by atoms with Gasteiger partial charge in [0.2, 0.25) is 0 Å². The van der Waals surface area contributed by atoms with Crippen LogP contribution in [0.2, 0.25) is 0 Å². The van der Waals surface area contributed by atoms with Crippen LogP contribution in [0, 0.1) is 5.92 Å². The Bertz CT molecular complexity index is 410. The molecule has 4 nitrogen and oxygen atoms in total. The molecule has 0 aromatic heterocycles. The van der Waals surface area contributed by atoms with Crippen molar-refractivity contribution in [2.45, 2.75) is 32.8 Å². The predicted molar refractivity (Wildman–Crippen MR) is 74.2 cm³/mol. The van der Waals surface area contributed by atoms with Gasteiger partial charge in [0.25, 0.3) is 5.91 Å². The number of hydrogen-bond acceptors (Lipinski definition) is 3. The van der Waals surface area contributed by atoms with E-state index in [4.69, 9.17) is 0 Å². The lowest BCUT2D eigenvalue weighted by Gasteiger charge is -2.20. The van der Waals surface area contributed by atoms with Gasteiger partial charge in [-0.15, -0.1) is 0 Å². The summed E-state index contributed by atoms with van der Waals surface area (Å²) in [6, 6.07) is 6.39. The molecule has 19 heavy (non-hydrogen) atoms. The summed E-state index contributed by atoms with van der Waals surface area (Å²) in [6.45, 7) is 4.30. The number of aliphatic hydroxyl groups excluding tert-OH is 1. The summed E-state index contributed by atoms with van der Waals surface area (Å²) in [4.78, 5) is 22.3. The Labute approximate surface area is 113 Å². The molecule has 0 aliphatic rings. The number of aldehydes is 1. The summed E-state index contributed by atoms with van der Waals surface area (Å²) in [5.41, 5.74) is 1.02. The van der Waals surface area contributed by atoms with Gasteiger partial charge < -0.3 is 10.4 Å². The smallest absolute Gasteiger partial charge is 0.251 e. The average molecular weight is 263 g/mol. The fourth-order valence-corrected chi connectivity index (χ4v) is 2.01. The molecule has 1 atom stereocenters. The van der Waals surface area contributed by atoms with Crippen molar-refractivity contribution in [2.24, 2.45) is 5.92 Å². The summed E-state index contributed by atoms with van der Waals surface area (Å²) in [7, 11) is 0. The lowest BCUT2D eigenvalue weighted by atomic mass is 9.96. The van der Waals surface area contributed by atoms with E-state index < -0.39 is 6.10 Å². The van der Waals surface area contributed by atoms with E-state index in [0.29, 0.717) is 11.1 Å². The zero-order valence-electron chi connectivity index (χ0n) is 11.4. The van der Waals surface area contributed by atoms with Crippen molar-refractivity contribution >= 4 is 12.2 Å². The zero-order valence-corrected chi connectivity index (χ0v) is 11.4. The minimum atomic E-state index is -0.520. The third kappa shape index (κ3) is 4.48. The van der Waals surface area contributed by atoms with Gasteiger partial charge in [-0.3, -0.25) is 9.59 Å². The first kappa shape index (κ1) is 15.4. The molecule has 4 heteroatoms. The van der Waals surface area contributed by atoms with Gasteiger partial charge in [-0.25, -0.2) is 0 Å². The van der Waals surface area contributed by atoms with E-state index in [1.807, 2.05) is 13.8 Å². The van der Waals surface area contributed by atoms with Crippen LogP contribution >= 0.6 is 0 Å². The molecule has 1 aromatic carbocycles. The van der Waals surface area contributed by atoms with Crippen molar-refractivity contribution in [3.63, 3.8) is 0 Å². The van der Waals surface area contributed by atoms with Crippen molar-refractivity contribution in [1.82, 2.24) is 5.32 Å². The quantitative estimate of drug-likeness (QED) is 0.740. The fraction of sp³-hybridized carbons (Fsp3) is 0.467. The van der Waals surface area contributed by atoms with Crippen LogP contribution in [0.1, 0.15) is 47.4 Å². The van der Waals surface area contributed by atoms with E-state index in [0.717, 1.165) is 19.1 Å². The minimum Gasteiger partial charge on any atom is -0.391 e. The van der Waals surface area contributed by atoms with E-state index in [1.54, 1.807) is 24.3 Å². The maximum absolute atomic E-state index is 11.8. The third-order valence-corrected chi connectivity index (χ3v) is 3.37. The monoisotopic (exact) mass is 263 g/mol. The standard InChI is InChI=1S/C15H21NO3/c1-3-12(4-2)14(18)9-16-15(19)13-7-5-11(10-17)6-8-13/h5-8,10,12,14,18H,3-4,9H2,1-2H3,(H,16,19). The highest BCUT2D eigenvalue weighted by Crippen LogP contribution is 2.12. The van der Waals surface area contributed by atoms with Crippen LogP contribution in [0.5, 0.6) is 0 Å². The second-order valence-electron chi connectivity index (χ2n) is 4.59. The van der Waals surface area contributed by atoms with E-state index in [9.17, 15) is 14.7 Å². The molecule has 0 aliphatic carbocycles. The molecule has 1 amide bonds. The van der Waals surface area contributed by atoms with Gasteiger partial charge in [0.1, 0.15) is 6.29 Å². The number of nitrogens with one attached hydrogen (secondary N) is 1. The van der Waals surface area contributed by atoms with Crippen LogP contribution in [0.3, 0.4) is 0 Å². The molecule has 0 aliphatic heterocycles. The van der Waals surface area contributed by atoms with Crippen LogP contribution in [-0.4, -0.2) is 29.9 Å². The van der Waals surface area contributed by atoms with E-state index in [1.165, 1.54) is 0 Å². The lowest BCUT2D eigenvalue weighted by molar-refractivity contribution is 0.0816. The molecule has 0 fully saturated rings. The molecular weight excluding hydrogens is 242 g/mol. The number of amides is 1. The van der Waals surface area contributed by atoms with Crippen LogP contribution in [-0.2, 0) is 0 Å². The first-order valence-electron chi connectivity index (χ1n) is 6.63. The number of carbonyl (C=O) groups is 2. The van der Waals surface area contributed by atoms with E-state index >= 15 is 0 Å². The van der Waals surface area contributed by atoms with Gasteiger partial charge in [0.05, 0.1) is 6.10 Å². The fourth-order valence-electron chi connectivity index (χ4n) is 2.01. The highest BCUT2D eigenvalue weighted by atomic mass is 16.3. The topological polar surface area (TPSA) is 66.4 Å². The third-order valence-electron chi connectivity index (χ3n) is 3.37. The molecule has 0 saturated carbocycles. The SMILES string of the molecule is CCC(CC)C(O)CNC(=O)c1ccc(C=O)cc1. The van der Waals surface area contributed by atoms with Crippen LogP contribution < -0.4 is 5.32 Å². The first-order chi connectivity index (χ1) is 9.12. The Balaban J connectivity index is 2.52. The van der Waals surface area contributed by atoms with E-state index in [-0.39, 0.29) is 18.4 Å².